The van der Waals surface area contributed by atoms with Gasteiger partial charge in [0.25, 0.3) is 0 Å². The molecule has 1 aliphatic rings. The summed E-state index contributed by atoms with van der Waals surface area (Å²) < 4.78 is 0. The second-order valence-corrected chi connectivity index (χ2v) is 5.98. The van der Waals surface area contributed by atoms with Crippen LogP contribution in [0.3, 0.4) is 0 Å². The van der Waals surface area contributed by atoms with Crippen LogP contribution in [0.4, 0.5) is 0 Å². The standard InChI is InChI=1S/C11H21Cl/c1-8-5-6-9(12)7-10(8)11(2,3)4/h8-10H,5-7H2,1-4H3. The van der Waals surface area contributed by atoms with E-state index in [1.54, 1.807) is 0 Å². The third-order valence-corrected chi connectivity index (χ3v) is 3.64. The first-order valence-corrected chi connectivity index (χ1v) is 5.49. The Labute approximate surface area is 81.7 Å². The van der Waals surface area contributed by atoms with Crippen molar-refractivity contribution in [1.82, 2.24) is 0 Å². The van der Waals surface area contributed by atoms with Gasteiger partial charge in [0.2, 0.25) is 0 Å². The van der Waals surface area contributed by atoms with E-state index in [1.165, 1.54) is 19.3 Å². The highest BCUT2D eigenvalue weighted by molar-refractivity contribution is 6.20. The number of rotatable bonds is 0. The molecule has 0 aromatic carbocycles. The van der Waals surface area contributed by atoms with Crippen molar-refractivity contribution in [3.63, 3.8) is 0 Å². The van der Waals surface area contributed by atoms with Crippen LogP contribution in [0.1, 0.15) is 47.0 Å². The lowest BCUT2D eigenvalue weighted by molar-refractivity contribution is 0.121. The topological polar surface area (TPSA) is 0 Å². The number of alkyl halides is 1. The van der Waals surface area contributed by atoms with Gasteiger partial charge in [-0.3, -0.25) is 0 Å². The summed E-state index contributed by atoms with van der Waals surface area (Å²) in [6.45, 7) is 9.38. The fraction of sp³-hybridized carbons (Fsp3) is 1.00. The Morgan fingerprint density at radius 3 is 2.17 bits per heavy atom. The van der Waals surface area contributed by atoms with Crippen LogP contribution >= 0.6 is 11.6 Å². The van der Waals surface area contributed by atoms with Crippen LogP contribution in [0.25, 0.3) is 0 Å². The summed E-state index contributed by atoms with van der Waals surface area (Å²) in [4.78, 5) is 0. The lowest BCUT2D eigenvalue weighted by atomic mass is 9.67. The van der Waals surface area contributed by atoms with E-state index >= 15 is 0 Å². The first kappa shape index (κ1) is 10.4. The van der Waals surface area contributed by atoms with Crippen molar-refractivity contribution >= 4 is 11.6 Å². The van der Waals surface area contributed by atoms with Gasteiger partial charge in [0.1, 0.15) is 0 Å². The first-order chi connectivity index (χ1) is 5.41. The maximum absolute atomic E-state index is 6.18. The van der Waals surface area contributed by atoms with Crippen molar-refractivity contribution in [3.8, 4) is 0 Å². The average molecular weight is 189 g/mol. The van der Waals surface area contributed by atoms with Crippen molar-refractivity contribution in [2.24, 2.45) is 17.3 Å². The predicted octanol–water partition coefficient (Wildman–Crippen LogP) is 4.08. The van der Waals surface area contributed by atoms with Gasteiger partial charge in [-0.2, -0.15) is 0 Å². The minimum Gasteiger partial charge on any atom is -0.123 e. The van der Waals surface area contributed by atoms with Gasteiger partial charge in [0.05, 0.1) is 0 Å². The minimum atomic E-state index is 0.436. The van der Waals surface area contributed by atoms with Crippen molar-refractivity contribution in [3.05, 3.63) is 0 Å². The van der Waals surface area contributed by atoms with E-state index in [0.29, 0.717) is 10.8 Å². The van der Waals surface area contributed by atoms with Crippen LogP contribution in [-0.4, -0.2) is 5.38 Å². The molecule has 0 saturated heterocycles. The van der Waals surface area contributed by atoms with Crippen LogP contribution < -0.4 is 0 Å². The smallest absolute Gasteiger partial charge is 0.0339 e. The molecule has 3 atom stereocenters. The van der Waals surface area contributed by atoms with E-state index in [-0.39, 0.29) is 0 Å². The van der Waals surface area contributed by atoms with Crippen LogP contribution in [0.2, 0.25) is 0 Å². The van der Waals surface area contributed by atoms with E-state index in [1.807, 2.05) is 0 Å². The zero-order valence-electron chi connectivity index (χ0n) is 8.73. The van der Waals surface area contributed by atoms with Gasteiger partial charge in [0, 0.05) is 5.38 Å². The molecule has 0 spiro atoms. The third-order valence-electron chi connectivity index (χ3n) is 3.24. The van der Waals surface area contributed by atoms with Gasteiger partial charge in [0.15, 0.2) is 0 Å². The summed E-state index contributed by atoms with van der Waals surface area (Å²) in [6.07, 6.45) is 3.75. The van der Waals surface area contributed by atoms with Crippen molar-refractivity contribution in [2.75, 3.05) is 0 Å². The molecule has 0 heterocycles. The van der Waals surface area contributed by atoms with Gasteiger partial charge in [-0.15, -0.1) is 11.6 Å². The summed E-state index contributed by atoms with van der Waals surface area (Å²) in [5.74, 6) is 1.67. The summed E-state index contributed by atoms with van der Waals surface area (Å²) in [7, 11) is 0. The second-order valence-electron chi connectivity index (χ2n) is 5.36. The molecule has 0 bridgehead atoms. The highest BCUT2D eigenvalue weighted by Gasteiger charge is 2.34. The van der Waals surface area contributed by atoms with Crippen molar-refractivity contribution in [2.45, 2.75) is 52.3 Å². The maximum Gasteiger partial charge on any atom is 0.0339 e. The summed E-state index contributed by atoms with van der Waals surface area (Å²) in [5, 5.41) is 0.436. The van der Waals surface area contributed by atoms with E-state index in [0.717, 1.165) is 11.8 Å². The molecule has 0 nitrogen and oxygen atoms in total. The van der Waals surface area contributed by atoms with Gasteiger partial charge in [-0.25, -0.2) is 0 Å². The molecule has 0 aromatic heterocycles. The molecule has 3 unspecified atom stereocenters. The fourth-order valence-electron chi connectivity index (χ4n) is 2.48. The summed E-state index contributed by atoms with van der Waals surface area (Å²) >= 11 is 6.18. The third kappa shape index (κ3) is 2.39. The molecule has 1 heteroatoms. The number of hydrogen-bond acceptors (Lipinski definition) is 0. The molecule has 0 radical (unpaired) electrons. The zero-order valence-corrected chi connectivity index (χ0v) is 9.49. The Bertz CT molecular complexity index is 146. The van der Waals surface area contributed by atoms with Gasteiger partial charge in [-0.1, -0.05) is 27.7 Å². The quantitative estimate of drug-likeness (QED) is 0.503. The number of halogens is 1. The predicted molar refractivity (Wildman–Crippen MR) is 55.6 cm³/mol. The molecule has 1 saturated carbocycles. The van der Waals surface area contributed by atoms with Crippen LogP contribution in [0.15, 0.2) is 0 Å². The Kier molecular flexibility index (Phi) is 3.09. The van der Waals surface area contributed by atoms with Crippen LogP contribution in [0, 0.1) is 17.3 Å². The van der Waals surface area contributed by atoms with Gasteiger partial charge >= 0.3 is 0 Å². The highest BCUT2D eigenvalue weighted by atomic mass is 35.5. The molecule has 1 aliphatic carbocycles. The highest BCUT2D eigenvalue weighted by Crippen LogP contribution is 2.42. The molecule has 0 N–H and O–H groups in total. The molecule has 0 aromatic rings. The Morgan fingerprint density at radius 1 is 1.17 bits per heavy atom. The molecule has 0 amide bonds. The van der Waals surface area contributed by atoms with Gasteiger partial charge < -0.3 is 0 Å². The molecule has 1 fully saturated rings. The maximum atomic E-state index is 6.18. The molecular formula is C11H21Cl. The number of hydrogen-bond donors (Lipinski definition) is 0. The Balaban J connectivity index is 2.61. The molecule has 1 rings (SSSR count). The van der Waals surface area contributed by atoms with Crippen LogP contribution in [0.5, 0.6) is 0 Å². The lowest BCUT2D eigenvalue weighted by Crippen LogP contribution is -2.33. The van der Waals surface area contributed by atoms with Crippen molar-refractivity contribution in [1.29, 1.82) is 0 Å². The van der Waals surface area contributed by atoms with Crippen LogP contribution in [-0.2, 0) is 0 Å². The van der Waals surface area contributed by atoms with Gasteiger partial charge in [-0.05, 0) is 36.5 Å². The van der Waals surface area contributed by atoms with E-state index in [4.69, 9.17) is 11.6 Å². The largest absolute Gasteiger partial charge is 0.123 e. The second kappa shape index (κ2) is 3.57. The summed E-state index contributed by atoms with van der Waals surface area (Å²) in [6, 6.07) is 0. The Hall–Kier alpha value is 0.290. The molecular weight excluding hydrogens is 168 g/mol. The fourth-order valence-corrected chi connectivity index (χ4v) is 2.80. The normalized spacial score (nSPS) is 38.2. The molecule has 0 aliphatic heterocycles. The Morgan fingerprint density at radius 2 is 1.75 bits per heavy atom. The minimum absolute atomic E-state index is 0.436. The monoisotopic (exact) mass is 188 g/mol. The van der Waals surface area contributed by atoms with E-state index < -0.39 is 0 Å². The molecule has 72 valence electrons. The lowest BCUT2D eigenvalue weighted by Gasteiger charge is -2.40. The van der Waals surface area contributed by atoms with E-state index in [2.05, 4.69) is 27.7 Å². The average Bonchev–Trinajstić information content (AvgIpc) is 1.92. The SMILES string of the molecule is CC1CCC(Cl)CC1C(C)(C)C. The first-order valence-electron chi connectivity index (χ1n) is 5.05. The zero-order chi connectivity index (χ0) is 9.35. The molecule has 12 heavy (non-hydrogen) atoms. The summed E-state index contributed by atoms with van der Waals surface area (Å²) in [5.41, 5.74) is 0.437. The van der Waals surface area contributed by atoms with E-state index in [9.17, 15) is 0 Å². The van der Waals surface area contributed by atoms with Crippen molar-refractivity contribution < 1.29 is 0 Å².